The van der Waals surface area contributed by atoms with Gasteiger partial charge in [-0.15, -0.1) is 0 Å². The Balaban J connectivity index is 2.05. The summed E-state index contributed by atoms with van der Waals surface area (Å²) in [4.78, 5) is 16.0. The van der Waals surface area contributed by atoms with E-state index >= 15 is 0 Å². The molecule has 0 spiro atoms. The highest BCUT2D eigenvalue weighted by atomic mass is 16.5. The van der Waals surface area contributed by atoms with Crippen molar-refractivity contribution in [1.29, 1.82) is 0 Å². The number of ether oxygens (including phenoxy) is 1. The topological polar surface area (TPSA) is 44.8 Å². The minimum atomic E-state index is 0.0723. The Labute approximate surface area is 120 Å². The van der Waals surface area contributed by atoms with E-state index in [0.717, 1.165) is 25.4 Å². The molecule has 5 nitrogen and oxygen atoms in total. The summed E-state index contributed by atoms with van der Waals surface area (Å²) in [5.41, 5.74) is 1.26. The minimum absolute atomic E-state index is 0.0723. The monoisotopic (exact) mass is 277 g/mol. The van der Waals surface area contributed by atoms with Gasteiger partial charge in [0.25, 0.3) is 0 Å². The molecule has 0 bridgehead atoms. The van der Waals surface area contributed by atoms with Crippen molar-refractivity contribution in [3.05, 3.63) is 29.8 Å². The van der Waals surface area contributed by atoms with Crippen LogP contribution in [-0.4, -0.2) is 63.1 Å². The van der Waals surface area contributed by atoms with Crippen molar-refractivity contribution >= 4 is 5.91 Å². The number of rotatable bonds is 4. The SMILES string of the molecule is CNC(=O)CN1CCN(C)[C@H](c2ccc(OC)cc2)C1. The Morgan fingerprint density at radius 2 is 2.05 bits per heavy atom. The van der Waals surface area contributed by atoms with Crippen molar-refractivity contribution in [1.82, 2.24) is 15.1 Å². The molecule has 0 unspecified atom stereocenters. The van der Waals surface area contributed by atoms with Crippen LogP contribution in [0.2, 0.25) is 0 Å². The van der Waals surface area contributed by atoms with Crippen LogP contribution in [0.15, 0.2) is 24.3 Å². The summed E-state index contributed by atoms with van der Waals surface area (Å²) in [7, 11) is 5.48. The van der Waals surface area contributed by atoms with Crippen LogP contribution in [0.3, 0.4) is 0 Å². The van der Waals surface area contributed by atoms with Crippen LogP contribution >= 0.6 is 0 Å². The lowest BCUT2D eigenvalue weighted by molar-refractivity contribution is -0.122. The maximum absolute atomic E-state index is 11.5. The summed E-state index contributed by atoms with van der Waals surface area (Å²) in [6, 6.07) is 8.49. The predicted octanol–water partition coefficient (Wildman–Crippen LogP) is 0.730. The van der Waals surface area contributed by atoms with Crippen molar-refractivity contribution in [2.45, 2.75) is 6.04 Å². The molecular formula is C15H23N3O2. The molecule has 5 heteroatoms. The first-order valence-electron chi connectivity index (χ1n) is 6.91. The zero-order chi connectivity index (χ0) is 14.5. The number of nitrogens with one attached hydrogen (secondary N) is 1. The fourth-order valence-electron chi connectivity index (χ4n) is 2.54. The molecule has 0 saturated carbocycles. The standard InChI is InChI=1S/C15H23N3O2/c1-16-15(19)11-18-9-8-17(2)14(10-18)12-4-6-13(20-3)7-5-12/h4-7,14H,8-11H2,1-3H3,(H,16,19)/t14-/m0/s1. The number of methoxy groups -OCH3 is 1. The van der Waals surface area contributed by atoms with Crippen molar-refractivity contribution in [2.24, 2.45) is 0 Å². The van der Waals surface area contributed by atoms with Gasteiger partial charge in [-0.3, -0.25) is 14.6 Å². The van der Waals surface area contributed by atoms with E-state index in [-0.39, 0.29) is 5.91 Å². The zero-order valence-corrected chi connectivity index (χ0v) is 12.4. The second kappa shape index (κ2) is 6.72. The number of piperazine rings is 1. The molecule has 1 amide bonds. The second-order valence-corrected chi connectivity index (χ2v) is 5.18. The van der Waals surface area contributed by atoms with E-state index in [0.29, 0.717) is 12.6 Å². The van der Waals surface area contributed by atoms with Gasteiger partial charge in [-0.25, -0.2) is 0 Å². The van der Waals surface area contributed by atoms with E-state index in [1.54, 1.807) is 14.2 Å². The largest absolute Gasteiger partial charge is 0.497 e. The smallest absolute Gasteiger partial charge is 0.233 e. The number of benzene rings is 1. The van der Waals surface area contributed by atoms with Crippen molar-refractivity contribution in [2.75, 3.05) is 47.4 Å². The molecule has 110 valence electrons. The first-order chi connectivity index (χ1) is 9.63. The fourth-order valence-corrected chi connectivity index (χ4v) is 2.54. The summed E-state index contributed by atoms with van der Waals surface area (Å²) >= 11 is 0. The molecule has 1 saturated heterocycles. The van der Waals surface area contributed by atoms with Crippen molar-refractivity contribution < 1.29 is 9.53 Å². The average Bonchev–Trinajstić information content (AvgIpc) is 2.49. The second-order valence-electron chi connectivity index (χ2n) is 5.18. The Hall–Kier alpha value is -1.59. The molecule has 1 aliphatic rings. The van der Waals surface area contributed by atoms with Crippen LogP contribution in [0, 0.1) is 0 Å². The van der Waals surface area contributed by atoms with Gasteiger partial charge in [-0.2, -0.15) is 0 Å². The maximum atomic E-state index is 11.5. The molecule has 20 heavy (non-hydrogen) atoms. The highest BCUT2D eigenvalue weighted by molar-refractivity contribution is 5.77. The molecule has 1 aromatic rings. The van der Waals surface area contributed by atoms with Crippen LogP contribution in [0.4, 0.5) is 0 Å². The first kappa shape index (κ1) is 14.8. The van der Waals surface area contributed by atoms with Crippen LogP contribution in [0.5, 0.6) is 5.75 Å². The van der Waals surface area contributed by atoms with Crippen molar-refractivity contribution in [3.63, 3.8) is 0 Å². The third kappa shape index (κ3) is 3.49. The molecule has 1 aliphatic heterocycles. The van der Waals surface area contributed by atoms with Gasteiger partial charge in [0, 0.05) is 32.7 Å². The van der Waals surface area contributed by atoms with E-state index < -0.39 is 0 Å². The Kier molecular flexibility index (Phi) is 4.98. The Morgan fingerprint density at radius 1 is 1.35 bits per heavy atom. The summed E-state index contributed by atoms with van der Waals surface area (Å²) in [6.07, 6.45) is 0. The molecule has 0 radical (unpaired) electrons. The number of nitrogens with zero attached hydrogens (tertiary/aromatic N) is 2. The quantitative estimate of drug-likeness (QED) is 0.881. The van der Waals surface area contributed by atoms with Gasteiger partial charge in [0.15, 0.2) is 0 Å². The van der Waals surface area contributed by atoms with Crippen LogP contribution in [0.1, 0.15) is 11.6 Å². The zero-order valence-electron chi connectivity index (χ0n) is 12.4. The molecule has 2 rings (SSSR count). The van der Waals surface area contributed by atoms with E-state index in [2.05, 4.69) is 34.3 Å². The molecule has 0 aromatic heterocycles. The lowest BCUT2D eigenvalue weighted by Gasteiger charge is -2.39. The van der Waals surface area contributed by atoms with Gasteiger partial charge < -0.3 is 10.1 Å². The van der Waals surface area contributed by atoms with Crippen LogP contribution in [0.25, 0.3) is 0 Å². The van der Waals surface area contributed by atoms with Crippen molar-refractivity contribution in [3.8, 4) is 5.75 Å². The molecule has 1 N–H and O–H groups in total. The van der Waals surface area contributed by atoms with Crippen LogP contribution < -0.4 is 10.1 Å². The number of hydrogen-bond acceptors (Lipinski definition) is 4. The summed E-state index contributed by atoms with van der Waals surface area (Å²) in [6.45, 7) is 3.23. The normalized spacial score (nSPS) is 20.6. The number of carbonyl (C=O) groups is 1. The number of amides is 1. The van der Waals surface area contributed by atoms with E-state index in [1.165, 1.54) is 5.56 Å². The first-order valence-corrected chi connectivity index (χ1v) is 6.91. The summed E-state index contributed by atoms with van der Waals surface area (Å²) in [5.74, 6) is 0.942. The fraction of sp³-hybridized carbons (Fsp3) is 0.533. The van der Waals surface area contributed by atoms with Gasteiger partial charge in [0.1, 0.15) is 5.75 Å². The van der Waals surface area contributed by atoms with E-state index in [4.69, 9.17) is 4.74 Å². The predicted molar refractivity (Wildman–Crippen MR) is 78.9 cm³/mol. The van der Waals surface area contributed by atoms with E-state index in [9.17, 15) is 4.79 Å². The molecular weight excluding hydrogens is 254 g/mol. The molecule has 1 heterocycles. The van der Waals surface area contributed by atoms with Gasteiger partial charge in [0.2, 0.25) is 5.91 Å². The lowest BCUT2D eigenvalue weighted by atomic mass is 10.0. The number of hydrogen-bond donors (Lipinski definition) is 1. The third-order valence-corrected chi connectivity index (χ3v) is 3.88. The van der Waals surface area contributed by atoms with Gasteiger partial charge in [-0.1, -0.05) is 12.1 Å². The summed E-state index contributed by atoms with van der Waals surface area (Å²) < 4.78 is 5.19. The lowest BCUT2D eigenvalue weighted by Crippen LogP contribution is -2.49. The Bertz CT molecular complexity index is 447. The number of likely N-dealkylation sites (N-methyl/N-ethyl adjacent to an activating group) is 2. The minimum Gasteiger partial charge on any atom is -0.497 e. The molecule has 1 fully saturated rings. The van der Waals surface area contributed by atoms with E-state index in [1.807, 2.05) is 12.1 Å². The van der Waals surface area contributed by atoms with Crippen LogP contribution in [-0.2, 0) is 4.79 Å². The third-order valence-electron chi connectivity index (χ3n) is 3.88. The molecule has 0 aliphatic carbocycles. The Morgan fingerprint density at radius 3 is 2.65 bits per heavy atom. The van der Waals surface area contributed by atoms with Gasteiger partial charge >= 0.3 is 0 Å². The molecule has 1 aromatic carbocycles. The maximum Gasteiger partial charge on any atom is 0.233 e. The highest BCUT2D eigenvalue weighted by Gasteiger charge is 2.26. The summed E-state index contributed by atoms with van der Waals surface area (Å²) in [5, 5.41) is 2.68. The molecule has 1 atom stereocenters. The average molecular weight is 277 g/mol. The van der Waals surface area contributed by atoms with Gasteiger partial charge in [0.05, 0.1) is 13.7 Å². The van der Waals surface area contributed by atoms with Gasteiger partial charge in [-0.05, 0) is 24.7 Å². The number of carbonyl (C=O) groups excluding carboxylic acids is 1. The highest BCUT2D eigenvalue weighted by Crippen LogP contribution is 2.25.